The van der Waals surface area contributed by atoms with Crippen LogP contribution in [0.25, 0.3) is 11.3 Å². The van der Waals surface area contributed by atoms with E-state index in [1.165, 1.54) is 0 Å². The summed E-state index contributed by atoms with van der Waals surface area (Å²) in [6.45, 7) is 2.32. The van der Waals surface area contributed by atoms with E-state index in [1.807, 2.05) is 24.3 Å². The Hall–Kier alpha value is -2.57. The van der Waals surface area contributed by atoms with Gasteiger partial charge in [0.05, 0.1) is 16.7 Å². The number of halogens is 2. The van der Waals surface area contributed by atoms with Crippen molar-refractivity contribution in [2.45, 2.75) is 13.5 Å². The van der Waals surface area contributed by atoms with Crippen molar-refractivity contribution in [3.05, 3.63) is 63.8 Å². The Balaban J connectivity index is 1.77. The normalized spacial score (nSPS) is 10.6. The highest BCUT2D eigenvalue weighted by molar-refractivity contribution is 6.42. The summed E-state index contributed by atoms with van der Waals surface area (Å²) in [5.74, 6) is 0.0877. The maximum absolute atomic E-state index is 12.0. The lowest BCUT2D eigenvalue weighted by molar-refractivity contribution is 0.0520. The van der Waals surface area contributed by atoms with Crippen LogP contribution in [0.2, 0.25) is 10.0 Å². The molecule has 134 valence electrons. The minimum atomic E-state index is -0.529. The second-order valence-electron chi connectivity index (χ2n) is 5.31. The molecule has 0 aliphatic heterocycles. The van der Waals surface area contributed by atoms with Gasteiger partial charge in [-0.15, -0.1) is 5.10 Å². The van der Waals surface area contributed by atoms with Gasteiger partial charge >= 0.3 is 5.97 Å². The zero-order chi connectivity index (χ0) is 18.5. The van der Waals surface area contributed by atoms with Gasteiger partial charge in [0.25, 0.3) is 0 Å². The number of nitrogens with one attached hydrogen (secondary N) is 1. The summed E-state index contributed by atoms with van der Waals surface area (Å²) in [7, 11) is 0. The number of hydrogen-bond donors (Lipinski definition) is 1. The van der Waals surface area contributed by atoms with E-state index < -0.39 is 5.97 Å². The van der Waals surface area contributed by atoms with Crippen LogP contribution in [-0.2, 0) is 11.3 Å². The largest absolute Gasteiger partial charge is 0.489 e. The second kappa shape index (κ2) is 8.21. The summed E-state index contributed by atoms with van der Waals surface area (Å²) in [6, 6.07) is 12.5. The third-order valence-corrected chi connectivity index (χ3v) is 4.25. The summed E-state index contributed by atoms with van der Waals surface area (Å²) in [5.41, 5.74) is 2.11. The van der Waals surface area contributed by atoms with Crippen LogP contribution < -0.4 is 4.74 Å². The van der Waals surface area contributed by atoms with Crippen LogP contribution >= 0.6 is 23.2 Å². The molecule has 0 aliphatic carbocycles. The van der Waals surface area contributed by atoms with Gasteiger partial charge in [0.15, 0.2) is 5.69 Å². The number of esters is 1. The molecule has 1 aromatic heterocycles. The van der Waals surface area contributed by atoms with Gasteiger partial charge < -0.3 is 9.47 Å². The highest BCUT2D eigenvalue weighted by Crippen LogP contribution is 2.26. The first-order valence-corrected chi connectivity index (χ1v) is 8.59. The lowest BCUT2D eigenvalue weighted by atomic mass is 10.1. The number of nitrogens with zero attached hydrogens (tertiary/aromatic N) is 2. The molecule has 3 rings (SSSR count). The highest BCUT2D eigenvalue weighted by Gasteiger charge is 2.19. The van der Waals surface area contributed by atoms with Gasteiger partial charge in [0.1, 0.15) is 18.1 Å². The van der Waals surface area contributed by atoms with E-state index in [1.54, 1.807) is 25.1 Å². The van der Waals surface area contributed by atoms with Gasteiger partial charge in [-0.1, -0.05) is 41.4 Å². The molecule has 0 amide bonds. The molecule has 0 spiro atoms. The van der Waals surface area contributed by atoms with Gasteiger partial charge in [-0.2, -0.15) is 10.3 Å². The molecule has 3 aromatic rings. The molecule has 2 aromatic carbocycles. The van der Waals surface area contributed by atoms with Gasteiger partial charge in [-0.25, -0.2) is 4.79 Å². The molecule has 8 heteroatoms. The average molecular weight is 392 g/mol. The maximum Gasteiger partial charge on any atom is 0.361 e. The Kier molecular flexibility index (Phi) is 5.75. The van der Waals surface area contributed by atoms with Crippen molar-refractivity contribution in [1.82, 2.24) is 15.4 Å². The number of benzene rings is 2. The fourth-order valence-electron chi connectivity index (χ4n) is 2.30. The lowest BCUT2D eigenvalue weighted by Gasteiger charge is -2.08. The standard InChI is InChI=1S/C18H15Cl2N3O3/c1-2-25-18(24)17-16(21-23-22-17)12-4-3-5-13(9-12)26-10-11-6-7-14(19)15(20)8-11/h3-9H,2,10H2,1H3,(H,21,22,23). The van der Waals surface area contributed by atoms with E-state index in [4.69, 9.17) is 32.7 Å². The first kappa shape index (κ1) is 18.2. The SMILES string of the molecule is CCOC(=O)c1n[nH]nc1-c1cccc(OCc2ccc(Cl)c(Cl)c2)c1. The fraction of sp³-hybridized carbons (Fsp3) is 0.167. The third-order valence-electron chi connectivity index (χ3n) is 3.51. The molecule has 0 radical (unpaired) electrons. The number of carbonyl (C=O) groups is 1. The van der Waals surface area contributed by atoms with E-state index in [2.05, 4.69) is 15.4 Å². The van der Waals surface area contributed by atoms with Gasteiger partial charge in [0.2, 0.25) is 0 Å². The van der Waals surface area contributed by atoms with Crippen molar-refractivity contribution in [3.8, 4) is 17.0 Å². The summed E-state index contributed by atoms with van der Waals surface area (Å²) in [5, 5.41) is 11.3. The van der Waals surface area contributed by atoms with E-state index in [0.717, 1.165) is 5.56 Å². The topological polar surface area (TPSA) is 77.1 Å². The van der Waals surface area contributed by atoms with Crippen molar-refractivity contribution in [2.24, 2.45) is 0 Å². The van der Waals surface area contributed by atoms with Crippen molar-refractivity contribution >= 4 is 29.2 Å². The van der Waals surface area contributed by atoms with Crippen LogP contribution in [0.4, 0.5) is 0 Å². The van der Waals surface area contributed by atoms with Gasteiger partial charge in [-0.05, 0) is 36.8 Å². The predicted molar refractivity (Wildman–Crippen MR) is 98.6 cm³/mol. The zero-order valence-corrected chi connectivity index (χ0v) is 15.3. The predicted octanol–water partition coefficient (Wildman–Crippen LogP) is 4.53. The van der Waals surface area contributed by atoms with Crippen LogP contribution in [0.1, 0.15) is 23.0 Å². The van der Waals surface area contributed by atoms with Crippen LogP contribution in [0.3, 0.4) is 0 Å². The first-order chi connectivity index (χ1) is 12.6. The average Bonchev–Trinajstić information content (AvgIpc) is 3.13. The maximum atomic E-state index is 12.0. The van der Waals surface area contributed by atoms with E-state index in [-0.39, 0.29) is 12.3 Å². The van der Waals surface area contributed by atoms with E-state index in [0.29, 0.717) is 33.7 Å². The molecule has 0 unspecified atom stereocenters. The number of H-pyrrole nitrogens is 1. The Morgan fingerprint density at radius 2 is 1.96 bits per heavy atom. The molecule has 0 atom stereocenters. The summed E-state index contributed by atoms with van der Waals surface area (Å²) in [4.78, 5) is 12.0. The van der Waals surface area contributed by atoms with Crippen LogP contribution in [-0.4, -0.2) is 28.0 Å². The Morgan fingerprint density at radius 1 is 1.12 bits per heavy atom. The van der Waals surface area contributed by atoms with E-state index in [9.17, 15) is 4.79 Å². The highest BCUT2D eigenvalue weighted by atomic mass is 35.5. The van der Waals surface area contributed by atoms with Crippen molar-refractivity contribution < 1.29 is 14.3 Å². The molecular weight excluding hydrogens is 377 g/mol. The van der Waals surface area contributed by atoms with Crippen molar-refractivity contribution in [3.63, 3.8) is 0 Å². The lowest BCUT2D eigenvalue weighted by Crippen LogP contribution is -2.06. The van der Waals surface area contributed by atoms with Crippen LogP contribution in [0.5, 0.6) is 5.75 Å². The molecule has 0 fully saturated rings. The van der Waals surface area contributed by atoms with E-state index >= 15 is 0 Å². The Labute approximate surface area is 160 Å². The van der Waals surface area contributed by atoms with Crippen LogP contribution in [0.15, 0.2) is 42.5 Å². The van der Waals surface area contributed by atoms with Crippen LogP contribution in [0, 0.1) is 0 Å². The molecule has 1 heterocycles. The summed E-state index contributed by atoms with van der Waals surface area (Å²) in [6.07, 6.45) is 0. The van der Waals surface area contributed by atoms with Crippen molar-refractivity contribution in [1.29, 1.82) is 0 Å². The molecule has 0 saturated heterocycles. The van der Waals surface area contributed by atoms with Gasteiger partial charge in [0, 0.05) is 5.56 Å². The fourth-order valence-corrected chi connectivity index (χ4v) is 2.62. The number of aromatic amines is 1. The second-order valence-corrected chi connectivity index (χ2v) is 6.12. The molecule has 0 aliphatic rings. The molecule has 1 N–H and O–H groups in total. The molecule has 0 bridgehead atoms. The first-order valence-electron chi connectivity index (χ1n) is 7.83. The molecule has 6 nitrogen and oxygen atoms in total. The number of hydrogen-bond acceptors (Lipinski definition) is 5. The number of aromatic nitrogens is 3. The number of carbonyl (C=O) groups excluding carboxylic acids is 1. The monoisotopic (exact) mass is 391 g/mol. The molecule has 0 saturated carbocycles. The Bertz CT molecular complexity index is 928. The summed E-state index contributed by atoms with van der Waals surface area (Å²) < 4.78 is 10.8. The molecule has 26 heavy (non-hydrogen) atoms. The number of rotatable bonds is 6. The van der Waals surface area contributed by atoms with Gasteiger partial charge in [-0.3, -0.25) is 0 Å². The smallest absolute Gasteiger partial charge is 0.361 e. The molecular formula is C18H15Cl2N3O3. The minimum Gasteiger partial charge on any atom is -0.489 e. The minimum absolute atomic E-state index is 0.133. The summed E-state index contributed by atoms with van der Waals surface area (Å²) >= 11 is 11.9. The third kappa shape index (κ3) is 4.15. The number of ether oxygens (including phenoxy) is 2. The Morgan fingerprint density at radius 3 is 2.73 bits per heavy atom. The van der Waals surface area contributed by atoms with Crippen molar-refractivity contribution in [2.75, 3.05) is 6.61 Å². The quantitative estimate of drug-likeness (QED) is 0.624. The zero-order valence-electron chi connectivity index (χ0n) is 13.8.